The highest BCUT2D eigenvalue weighted by Gasteiger charge is 2.18. The molecule has 0 fully saturated rings. The van der Waals surface area contributed by atoms with Gasteiger partial charge in [-0.2, -0.15) is 0 Å². The van der Waals surface area contributed by atoms with Gasteiger partial charge >= 0.3 is 0 Å². The van der Waals surface area contributed by atoms with Gasteiger partial charge in [-0.1, -0.05) is 54.2 Å². The van der Waals surface area contributed by atoms with Crippen molar-refractivity contribution >= 4 is 23.6 Å². The van der Waals surface area contributed by atoms with Crippen LogP contribution < -0.4 is 10.9 Å². The zero-order valence-corrected chi connectivity index (χ0v) is 16.6. The zero-order valence-electron chi connectivity index (χ0n) is 15.8. The number of hydrogen-bond acceptors (Lipinski definition) is 5. The molecule has 0 saturated heterocycles. The maximum Gasteiger partial charge on any atom is 0.248 e. The van der Waals surface area contributed by atoms with Gasteiger partial charge in [-0.25, -0.2) is 4.39 Å². The lowest BCUT2D eigenvalue weighted by Crippen LogP contribution is -2.41. The molecule has 0 aliphatic rings. The van der Waals surface area contributed by atoms with Crippen molar-refractivity contribution in [3.05, 3.63) is 66.0 Å². The molecule has 1 heterocycles. The normalized spacial score (nSPS) is 10.6. The van der Waals surface area contributed by atoms with E-state index >= 15 is 0 Å². The summed E-state index contributed by atoms with van der Waals surface area (Å²) in [6.07, 6.45) is 0.700. The molecular formula is C20H20FN5O2S. The fourth-order valence-corrected chi connectivity index (χ4v) is 3.41. The minimum atomic E-state index is -0.388. The Morgan fingerprint density at radius 1 is 1.03 bits per heavy atom. The fourth-order valence-electron chi connectivity index (χ4n) is 2.65. The van der Waals surface area contributed by atoms with Gasteiger partial charge in [0.2, 0.25) is 11.8 Å². The van der Waals surface area contributed by atoms with Gasteiger partial charge in [-0.3, -0.25) is 20.4 Å². The first kappa shape index (κ1) is 20.5. The highest BCUT2D eigenvalue weighted by Crippen LogP contribution is 2.26. The van der Waals surface area contributed by atoms with Crippen LogP contribution in [0.25, 0.3) is 11.4 Å². The average molecular weight is 413 g/mol. The number of benzene rings is 2. The first-order chi connectivity index (χ1) is 14.0. The minimum Gasteiger partial charge on any atom is -0.302 e. The van der Waals surface area contributed by atoms with Crippen LogP contribution in [0.3, 0.4) is 0 Å². The molecule has 3 rings (SSSR count). The van der Waals surface area contributed by atoms with Crippen LogP contribution in [-0.2, 0) is 22.6 Å². The molecule has 0 unspecified atom stereocenters. The van der Waals surface area contributed by atoms with Gasteiger partial charge in [0.15, 0.2) is 11.0 Å². The van der Waals surface area contributed by atoms with E-state index in [1.165, 1.54) is 24.8 Å². The van der Waals surface area contributed by atoms with Crippen LogP contribution in [0.2, 0.25) is 0 Å². The van der Waals surface area contributed by atoms with Crippen molar-refractivity contribution in [3.63, 3.8) is 0 Å². The van der Waals surface area contributed by atoms with Gasteiger partial charge in [0.05, 0.1) is 11.3 Å². The Morgan fingerprint density at radius 2 is 1.76 bits per heavy atom. The lowest BCUT2D eigenvalue weighted by atomic mass is 10.1. The van der Waals surface area contributed by atoms with Crippen molar-refractivity contribution in [3.8, 4) is 11.4 Å². The van der Waals surface area contributed by atoms with Crippen LogP contribution >= 0.6 is 11.8 Å². The zero-order chi connectivity index (χ0) is 20.6. The minimum absolute atomic E-state index is 0.0288. The predicted octanol–water partition coefficient (Wildman–Crippen LogP) is 2.59. The van der Waals surface area contributed by atoms with Crippen LogP contribution in [0.1, 0.15) is 12.5 Å². The fraction of sp³-hybridized carbons (Fsp3) is 0.200. The summed E-state index contributed by atoms with van der Waals surface area (Å²) in [5.41, 5.74) is 6.01. The standard InChI is InChI=1S/C20H20FN5O2S/c1-14(27)22-23-18(28)13-29-20-25-24-19(16-9-5-6-10-17(16)21)26(20)12-11-15-7-3-2-4-8-15/h2-10H,11-13H2,1H3,(H,22,27)(H,23,28). The van der Waals surface area contributed by atoms with Crippen molar-refractivity contribution in [1.29, 1.82) is 0 Å². The molecule has 0 aliphatic carbocycles. The first-order valence-electron chi connectivity index (χ1n) is 8.95. The molecule has 0 saturated carbocycles. The third-order valence-electron chi connectivity index (χ3n) is 4.01. The van der Waals surface area contributed by atoms with E-state index < -0.39 is 0 Å². The summed E-state index contributed by atoms with van der Waals surface area (Å²) < 4.78 is 16.1. The van der Waals surface area contributed by atoms with E-state index in [-0.39, 0.29) is 23.4 Å². The molecule has 0 aliphatic heterocycles. The Balaban J connectivity index is 1.81. The number of halogens is 1. The van der Waals surface area contributed by atoms with Gasteiger partial charge in [0.25, 0.3) is 0 Å². The average Bonchev–Trinajstić information content (AvgIpc) is 3.12. The van der Waals surface area contributed by atoms with Crippen LogP contribution in [0, 0.1) is 5.82 Å². The Labute approximate surface area is 171 Å². The second-order valence-corrected chi connectivity index (χ2v) is 7.13. The van der Waals surface area contributed by atoms with Crippen molar-refractivity contribution in [2.24, 2.45) is 0 Å². The summed E-state index contributed by atoms with van der Waals surface area (Å²) in [4.78, 5) is 22.8. The maximum atomic E-state index is 14.3. The number of aromatic nitrogens is 3. The molecule has 3 aromatic rings. The lowest BCUT2D eigenvalue weighted by molar-refractivity contribution is -0.126. The molecule has 0 radical (unpaired) electrons. The van der Waals surface area contributed by atoms with E-state index in [9.17, 15) is 14.0 Å². The summed E-state index contributed by atoms with van der Waals surface area (Å²) in [6.45, 7) is 1.82. The largest absolute Gasteiger partial charge is 0.302 e. The van der Waals surface area contributed by atoms with Crippen molar-refractivity contribution in [2.75, 3.05) is 5.75 Å². The van der Waals surface area contributed by atoms with Crippen LogP contribution in [0.5, 0.6) is 0 Å². The van der Waals surface area contributed by atoms with Crippen molar-refractivity contribution in [2.45, 2.75) is 25.0 Å². The molecule has 2 N–H and O–H groups in total. The monoisotopic (exact) mass is 413 g/mol. The first-order valence-corrected chi connectivity index (χ1v) is 9.93. The third kappa shape index (κ3) is 5.64. The van der Waals surface area contributed by atoms with Crippen molar-refractivity contribution < 1.29 is 14.0 Å². The van der Waals surface area contributed by atoms with Gasteiger partial charge in [-0.05, 0) is 24.1 Å². The highest BCUT2D eigenvalue weighted by molar-refractivity contribution is 7.99. The third-order valence-corrected chi connectivity index (χ3v) is 4.98. The van der Waals surface area contributed by atoms with Gasteiger partial charge in [-0.15, -0.1) is 10.2 Å². The van der Waals surface area contributed by atoms with E-state index in [2.05, 4.69) is 21.0 Å². The van der Waals surface area contributed by atoms with Gasteiger partial charge < -0.3 is 4.57 Å². The number of thioether (sulfide) groups is 1. The number of amides is 2. The molecule has 0 spiro atoms. The van der Waals surface area contributed by atoms with Crippen LogP contribution in [0.4, 0.5) is 4.39 Å². The Kier molecular flexibility index (Phi) is 6.96. The summed E-state index contributed by atoms with van der Waals surface area (Å²) in [5, 5.41) is 8.81. The molecule has 0 bridgehead atoms. The molecule has 0 atom stereocenters. The number of nitrogens with one attached hydrogen (secondary N) is 2. The lowest BCUT2D eigenvalue weighted by Gasteiger charge is -2.11. The molecule has 7 nitrogen and oxygen atoms in total. The summed E-state index contributed by atoms with van der Waals surface area (Å²) in [7, 11) is 0. The second kappa shape index (κ2) is 9.83. The van der Waals surface area contributed by atoms with Crippen LogP contribution in [-0.4, -0.2) is 32.3 Å². The van der Waals surface area contributed by atoms with Gasteiger partial charge in [0, 0.05) is 13.5 Å². The molecule has 2 amide bonds. The topological polar surface area (TPSA) is 88.9 Å². The molecule has 150 valence electrons. The van der Waals surface area contributed by atoms with E-state index in [1.807, 2.05) is 34.9 Å². The SMILES string of the molecule is CC(=O)NNC(=O)CSc1nnc(-c2ccccc2F)n1CCc1ccccc1. The van der Waals surface area contributed by atoms with E-state index in [0.717, 1.165) is 5.56 Å². The summed E-state index contributed by atoms with van der Waals surface area (Å²) >= 11 is 1.17. The van der Waals surface area contributed by atoms with E-state index in [4.69, 9.17) is 0 Å². The second-order valence-electron chi connectivity index (χ2n) is 6.19. The maximum absolute atomic E-state index is 14.3. The van der Waals surface area contributed by atoms with Crippen LogP contribution in [0.15, 0.2) is 59.8 Å². The highest BCUT2D eigenvalue weighted by atomic mass is 32.2. The molecular weight excluding hydrogens is 393 g/mol. The number of carbonyl (C=O) groups is 2. The number of rotatable bonds is 7. The molecule has 9 heteroatoms. The van der Waals surface area contributed by atoms with Crippen molar-refractivity contribution in [1.82, 2.24) is 25.6 Å². The van der Waals surface area contributed by atoms with E-state index in [0.29, 0.717) is 29.5 Å². The van der Waals surface area contributed by atoms with Gasteiger partial charge in [0.1, 0.15) is 5.82 Å². The number of carbonyl (C=O) groups excluding carboxylic acids is 2. The Hall–Kier alpha value is -3.20. The predicted molar refractivity (Wildman–Crippen MR) is 108 cm³/mol. The van der Waals surface area contributed by atoms with E-state index in [1.54, 1.807) is 18.2 Å². The summed E-state index contributed by atoms with van der Waals surface area (Å²) in [6, 6.07) is 16.3. The quantitative estimate of drug-likeness (QED) is 0.459. The Bertz CT molecular complexity index is 994. The number of hydrogen-bond donors (Lipinski definition) is 2. The number of nitrogens with zero attached hydrogens (tertiary/aromatic N) is 3. The molecule has 2 aromatic carbocycles. The number of hydrazine groups is 1. The Morgan fingerprint density at radius 3 is 2.48 bits per heavy atom. The number of aryl methyl sites for hydroxylation is 1. The summed E-state index contributed by atoms with van der Waals surface area (Å²) in [5.74, 6) is -0.697. The molecule has 29 heavy (non-hydrogen) atoms. The molecule has 1 aromatic heterocycles. The smallest absolute Gasteiger partial charge is 0.248 e.